The fourth-order valence-electron chi connectivity index (χ4n) is 4.42. The van der Waals surface area contributed by atoms with Crippen LogP contribution in [0.5, 0.6) is 0 Å². The minimum Gasteiger partial charge on any atom is -0.387 e. The third-order valence-corrected chi connectivity index (χ3v) is 8.09. The van der Waals surface area contributed by atoms with Crippen molar-refractivity contribution in [3.8, 4) is 0 Å². The van der Waals surface area contributed by atoms with Gasteiger partial charge in [-0.2, -0.15) is 0 Å². The van der Waals surface area contributed by atoms with E-state index >= 15 is 0 Å². The van der Waals surface area contributed by atoms with Crippen LogP contribution in [0.3, 0.4) is 0 Å². The quantitative estimate of drug-likeness (QED) is 0.0591. The first-order valence-corrected chi connectivity index (χ1v) is 15.3. The molecule has 1 fully saturated rings. The summed E-state index contributed by atoms with van der Waals surface area (Å²) < 4.78 is 21.4. The van der Waals surface area contributed by atoms with Crippen molar-refractivity contribution in [1.29, 1.82) is 0 Å². The van der Waals surface area contributed by atoms with Crippen LogP contribution in [0, 0.1) is 0 Å². The zero-order valence-corrected chi connectivity index (χ0v) is 23.5. The minimum atomic E-state index is -5.35. The van der Waals surface area contributed by atoms with E-state index in [0.717, 1.165) is 32.6 Å². The molecule has 8 N–H and O–H groups in total. The molecule has 0 bridgehead atoms. The standard InChI is InChI=1S/C25H49O12P/c1-3-4-5-6-7-8-9-10-11-12-13-14-15-16-17(26)25(2,33)24(32)37-38(34,35)36-23-21(30)19(28)18(27)20(29)22(23)31/h18-24,27-33H,3-16H2,1-2H3,(H,34,35). The van der Waals surface area contributed by atoms with Gasteiger partial charge in [0, 0.05) is 6.42 Å². The number of rotatable bonds is 20. The van der Waals surface area contributed by atoms with Crippen LogP contribution in [0.25, 0.3) is 0 Å². The Kier molecular flexibility index (Phi) is 16.2. The van der Waals surface area contributed by atoms with Gasteiger partial charge in [0.1, 0.15) is 36.6 Å². The molecule has 0 radical (unpaired) electrons. The summed E-state index contributed by atoms with van der Waals surface area (Å²) in [4.78, 5) is 22.4. The molecule has 0 aromatic heterocycles. The lowest BCUT2D eigenvalue weighted by molar-refractivity contribution is -0.224. The molecule has 0 saturated heterocycles. The second-order valence-electron chi connectivity index (χ2n) is 10.5. The van der Waals surface area contributed by atoms with Gasteiger partial charge in [-0.15, -0.1) is 0 Å². The minimum absolute atomic E-state index is 0.0991. The van der Waals surface area contributed by atoms with Gasteiger partial charge in [-0.25, -0.2) is 4.57 Å². The lowest BCUT2D eigenvalue weighted by atomic mass is 9.85. The fourth-order valence-corrected chi connectivity index (χ4v) is 5.49. The number of carbonyl (C=O) groups is 1. The first-order valence-electron chi connectivity index (χ1n) is 13.8. The molecular weight excluding hydrogens is 523 g/mol. The third kappa shape index (κ3) is 11.5. The Morgan fingerprint density at radius 1 is 0.763 bits per heavy atom. The van der Waals surface area contributed by atoms with Crippen molar-refractivity contribution < 1.29 is 59.0 Å². The predicted molar refractivity (Wildman–Crippen MR) is 138 cm³/mol. The zero-order chi connectivity index (χ0) is 28.9. The maximum Gasteiger partial charge on any atom is 0.475 e. The van der Waals surface area contributed by atoms with Gasteiger partial charge in [0.05, 0.1) is 0 Å². The SMILES string of the molecule is CCCCCCCCCCCCCCCC(=O)C(C)(O)C(O)OP(=O)(O)OC1C(O)C(O)C(O)C(O)C1O. The maximum atomic E-state index is 12.4. The van der Waals surface area contributed by atoms with Crippen molar-refractivity contribution in [2.45, 2.75) is 152 Å². The topological polar surface area (TPSA) is 214 Å². The maximum absolute atomic E-state index is 12.4. The third-order valence-electron chi connectivity index (χ3n) is 7.11. The monoisotopic (exact) mass is 572 g/mol. The van der Waals surface area contributed by atoms with E-state index in [1.165, 1.54) is 51.4 Å². The van der Waals surface area contributed by atoms with Gasteiger partial charge in [0.15, 0.2) is 11.4 Å². The average molecular weight is 573 g/mol. The van der Waals surface area contributed by atoms with E-state index in [0.29, 0.717) is 6.42 Å². The summed E-state index contributed by atoms with van der Waals surface area (Å²) in [6.45, 7) is 3.12. The smallest absolute Gasteiger partial charge is 0.387 e. The Labute approximate surface area is 225 Å². The highest BCUT2D eigenvalue weighted by Crippen LogP contribution is 2.49. The molecule has 7 atom stereocenters. The molecule has 1 aliphatic rings. The molecule has 0 aliphatic heterocycles. The van der Waals surface area contributed by atoms with Gasteiger partial charge >= 0.3 is 7.82 Å². The lowest BCUT2D eigenvalue weighted by Crippen LogP contribution is -2.64. The van der Waals surface area contributed by atoms with E-state index in [1.54, 1.807) is 0 Å². The molecule has 13 heteroatoms. The Hall–Kier alpha value is -0.500. The summed E-state index contributed by atoms with van der Waals surface area (Å²) in [5.41, 5.74) is -2.56. The van der Waals surface area contributed by atoms with E-state index < -0.39 is 62.1 Å². The fraction of sp³-hybridized carbons (Fsp3) is 0.960. The highest BCUT2D eigenvalue weighted by atomic mass is 31.2. The van der Waals surface area contributed by atoms with E-state index in [2.05, 4.69) is 16.0 Å². The van der Waals surface area contributed by atoms with Gasteiger partial charge in [0.2, 0.25) is 6.29 Å². The highest BCUT2D eigenvalue weighted by molar-refractivity contribution is 7.47. The van der Waals surface area contributed by atoms with Crippen LogP contribution in [-0.2, 0) is 18.4 Å². The van der Waals surface area contributed by atoms with E-state index in [1.807, 2.05) is 0 Å². The van der Waals surface area contributed by atoms with Crippen molar-refractivity contribution in [1.82, 2.24) is 0 Å². The average Bonchev–Trinajstić information content (AvgIpc) is 2.86. The Morgan fingerprint density at radius 2 is 1.13 bits per heavy atom. The number of phosphoric acid groups is 1. The van der Waals surface area contributed by atoms with Crippen molar-refractivity contribution >= 4 is 13.6 Å². The first-order chi connectivity index (χ1) is 17.8. The Morgan fingerprint density at radius 3 is 1.55 bits per heavy atom. The first kappa shape index (κ1) is 35.5. The van der Waals surface area contributed by atoms with Crippen LogP contribution < -0.4 is 0 Å². The number of aliphatic hydroxyl groups excluding tert-OH is 6. The number of hydrogen-bond acceptors (Lipinski definition) is 11. The summed E-state index contributed by atoms with van der Waals surface area (Å²) in [6.07, 6.45) is -0.452. The Balaban J connectivity index is 2.36. The highest BCUT2D eigenvalue weighted by Gasteiger charge is 2.52. The molecule has 1 rings (SSSR count). The number of Topliss-reactive ketones (excluding diaryl/α,β-unsaturated/α-hetero) is 1. The largest absolute Gasteiger partial charge is 0.475 e. The number of ketones is 1. The molecule has 12 nitrogen and oxygen atoms in total. The van der Waals surface area contributed by atoms with E-state index in [9.17, 15) is 50.0 Å². The van der Waals surface area contributed by atoms with E-state index in [-0.39, 0.29) is 6.42 Å². The number of aliphatic hydroxyl groups is 7. The molecule has 0 heterocycles. The lowest BCUT2D eigenvalue weighted by Gasteiger charge is -2.41. The van der Waals surface area contributed by atoms with Gasteiger partial charge < -0.3 is 40.6 Å². The second kappa shape index (κ2) is 17.3. The van der Waals surface area contributed by atoms with Crippen LogP contribution in [-0.4, -0.2) is 94.9 Å². The van der Waals surface area contributed by atoms with Crippen LogP contribution in [0.15, 0.2) is 0 Å². The van der Waals surface area contributed by atoms with Gasteiger partial charge in [-0.1, -0.05) is 84.0 Å². The van der Waals surface area contributed by atoms with Crippen molar-refractivity contribution in [2.75, 3.05) is 0 Å². The molecule has 7 unspecified atom stereocenters. The zero-order valence-electron chi connectivity index (χ0n) is 22.6. The number of hydrogen-bond donors (Lipinski definition) is 8. The molecule has 0 spiro atoms. The van der Waals surface area contributed by atoms with Gasteiger partial charge in [-0.3, -0.25) is 13.8 Å². The second-order valence-corrected chi connectivity index (χ2v) is 11.9. The van der Waals surface area contributed by atoms with Gasteiger partial charge in [0.25, 0.3) is 0 Å². The predicted octanol–water partition coefficient (Wildman–Crippen LogP) is 1.43. The number of phosphoric ester groups is 1. The number of carbonyl (C=O) groups excluding carboxylic acids is 1. The molecule has 0 aromatic carbocycles. The van der Waals surface area contributed by atoms with Crippen molar-refractivity contribution in [2.24, 2.45) is 0 Å². The summed E-state index contributed by atoms with van der Waals surface area (Å²) in [5.74, 6) is -0.820. The molecule has 0 amide bonds. The van der Waals surface area contributed by atoms with Crippen LogP contribution in [0.4, 0.5) is 0 Å². The van der Waals surface area contributed by atoms with E-state index in [4.69, 9.17) is 0 Å². The molecule has 38 heavy (non-hydrogen) atoms. The molecular formula is C25H49O12P. The number of unbranched alkanes of at least 4 members (excludes halogenated alkanes) is 12. The van der Waals surface area contributed by atoms with Crippen LogP contribution in [0.1, 0.15) is 104 Å². The van der Waals surface area contributed by atoms with Crippen molar-refractivity contribution in [3.05, 3.63) is 0 Å². The van der Waals surface area contributed by atoms with Crippen LogP contribution >= 0.6 is 7.82 Å². The molecule has 226 valence electrons. The Bertz CT molecular complexity index is 704. The molecule has 0 aromatic rings. The van der Waals surface area contributed by atoms with Gasteiger partial charge in [-0.05, 0) is 13.3 Å². The van der Waals surface area contributed by atoms with Crippen LogP contribution in [0.2, 0.25) is 0 Å². The van der Waals surface area contributed by atoms with Crippen molar-refractivity contribution in [3.63, 3.8) is 0 Å². The summed E-state index contributed by atoms with van der Waals surface area (Å²) in [5, 5.41) is 69.4. The summed E-state index contributed by atoms with van der Waals surface area (Å²) in [7, 11) is -5.35. The molecule has 1 saturated carbocycles. The normalized spacial score (nSPS) is 29.9. The molecule has 1 aliphatic carbocycles. The summed E-state index contributed by atoms with van der Waals surface area (Å²) >= 11 is 0. The summed E-state index contributed by atoms with van der Waals surface area (Å²) in [6, 6.07) is 0.